The second-order valence-corrected chi connectivity index (χ2v) is 9.21. The molecule has 27 heavy (non-hydrogen) atoms. The zero-order chi connectivity index (χ0) is 19.7. The van der Waals surface area contributed by atoms with Crippen LogP contribution in [0.3, 0.4) is 0 Å². The third kappa shape index (κ3) is 3.40. The van der Waals surface area contributed by atoms with E-state index in [0.717, 1.165) is 17.5 Å². The zero-order valence-electron chi connectivity index (χ0n) is 16.0. The van der Waals surface area contributed by atoms with E-state index < -0.39 is 20.5 Å². The van der Waals surface area contributed by atoms with Crippen LogP contribution >= 0.6 is 0 Å². The molecule has 0 aromatic heterocycles. The van der Waals surface area contributed by atoms with Crippen LogP contribution in [-0.2, 0) is 21.0 Å². The largest absolute Gasteiger partial charge is 0.380 e. The number of hydrogen-bond acceptors (Lipinski definition) is 4. The molecule has 1 aliphatic rings. The first-order chi connectivity index (χ1) is 12.9. The van der Waals surface area contributed by atoms with Crippen molar-refractivity contribution in [3.05, 3.63) is 65.2 Å². The lowest BCUT2D eigenvalue weighted by molar-refractivity contribution is 0.117. The van der Waals surface area contributed by atoms with Crippen molar-refractivity contribution in [1.82, 2.24) is 0 Å². The average molecular weight is 384 g/mol. The number of rotatable bonds is 7. The summed E-state index contributed by atoms with van der Waals surface area (Å²) in [4.78, 5) is 0.266. The van der Waals surface area contributed by atoms with Crippen molar-refractivity contribution < 1.29 is 13.2 Å². The molecule has 1 fully saturated rings. The van der Waals surface area contributed by atoms with Gasteiger partial charge in [-0.05, 0) is 43.5 Å². The van der Waals surface area contributed by atoms with Gasteiger partial charge in [-0.2, -0.15) is 5.26 Å². The fourth-order valence-electron chi connectivity index (χ4n) is 3.78. The lowest BCUT2D eigenvalue weighted by atomic mass is 10.00. The van der Waals surface area contributed by atoms with Crippen LogP contribution in [-0.4, -0.2) is 26.9 Å². The van der Waals surface area contributed by atoms with Gasteiger partial charge < -0.3 is 4.74 Å². The highest BCUT2D eigenvalue weighted by Crippen LogP contribution is 2.63. The van der Waals surface area contributed by atoms with Crippen LogP contribution in [0, 0.1) is 23.7 Å². The molecule has 0 radical (unpaired) electrons. The van der Waals surface area contributed by atoms with Crippen molar-refractivity contribution in [3.63, 3.8) is 0 Å². The SMILES string of the molecule is CCOC[C@]1(C#N)[C@H](c2ccc(CC)cc2)[C@@H]1S(=O)(=O)c1ccc(C)cc1. The molecule has 0 heterocycles. The molecule has 0 unspecified atom stereocenters. The Hall–Kier alpha value is -2.16. The maximum atomic E-state index is 13.3. The van der Waals surface area contributed by atoms with Crippen LogP contribution in [0.25, 0.3) is 0 Å². The van der Waals surface area contributed by atoms with Gasteiger partial charge in [-0.25, -0.2) is 8.42 Å². The highest BCUT2D eigenvalue weighted by atomic mass is 32.2. The van der Waals surface area contributed by atoms with Gasteiger partial charge >= 0.3 is 0 Å². The third-order valence-electron chi connectivity index (χ3n) is 5.44. The molecule has 0 saturated heterocycles. The smallest absolute Gasteiger partial charge is 0.183 e. The second kappa shape index (κ2) is 7.46. The number of hydrogen-bond donors (Lipinski definition) is 0. The molecule has 0 amide bonds. The molecule has 2 aromatic rings. The van der Waals surface area contributed by atoms with Crippen LogP contribution < -0.4 is 0 Å². The van der Waals surface area contributed by atoms with Crippen molar-refractivity contribution in [2.45, 2.75) is 43.3 Å². The Kier molecular flexibility index (Phi) is 5.41. The monoisotopic (exact) mass is 383 g/mol. The molecular weight excluding hydrogens is 358 g/mol. The van der Waals surface area contributed by atoms with E-state index in [1.807, 2.05) is 38.1 Å². The first-order valence-corrected chi connectivity index (χ1v) is 10.8. The van der Waals surface area contributed by atoms with Gasteiger partial charge in [0.15, 0.2) is 9.84 Å². The molecule has 4 nitrogen and oxygen atoms in total. The van der Waals surface area contributed by atoms with Gasteiger partial charge in [0.1, 0.15) is 5.41 Å². The van der Waals surface area contributed by atoms with Crippen LogP contribution in [0.15, 0.2) is 53.4 Å². The Bertz CT molecular complexity index is 943. The minimum atomic E-state index is -3.65. The average Bonchev–Trinajstić information content (AvgIpc) is 3.37. The van der Waals surface area contributed by atoms with E-state index >= 15 is 0 Å². The van der Waals surface area contributed by atoms with E-state index in [9.17, 15) is 13.7 Å². The minimum Gasteiger partial charge on any atom is -0.380 e. The number of nitriles is 1. The summed E-state index contributed by atoms with van der Waals surface area (Å²) in [5.74, 6) is -0.383. The quantitative estimate of drug-likeness (QED) is 0.723. The number of sulfone groups is 1. The predicted molar refractivity (Wildman–Crippen MR) is 105 cm³/mol. The summed E-state index contributed by atoms with van der Waals surface area (Å²) in [5.41, 5.74) is 2.02. The van der Waals surface area contributed by atoms with Crippen LogP contribution in [0.5, 0.6) is 0 Å². The van der Waals surface area contributed by atoms with Crippen molar-refractivity contribution in [2.24, 2.45) is 5.41 Å². The van der Waals surface area contributed by atoms with Crippen molar-refractivity contribution in [2.75, 3.05) is 13.2 Å². The fraction of sp³-hybridized carbons (Fsp3) is 0.409. The lowest BCUT2D eigenvalue weighted by Gasteiger charge is -2.10. The topological polar surface area (TPSA) is 67.2 Å². The number of ether oxygens (including phenoxy) is 1. The molecule has 0 aliphatic heterocycles. The van der Waals surface area contributed by atoms with Gasteiger partial charge in [-0.1, -0.05) is 48.9 Å². The first-order valence-electron chi connectivity index (χ1n) is 9.29. The summed E-state index contributed by atoms with van der Waals surface area (Å²) >= 11 is 0. The van der Waals surface area contributed by atoms with Crippen LogP contribution in [0.2, 0.25) is 0 Å². The van der Waals surface area contributed by atoms with Crippen molar-refractivity contribution in [3.8, 4) is 6.07 Å². The summed E-state index contributed by atoms with van der Waals surface area (Å²) in [5, 5.41) is 9.15. The zero-order valence-corrected chi connectivity index (χ0v) is 16.8. The van der Waals surface area contributed by atoms with E-state index in [4.69, 9.17) is 4.74 Å². The third-order valence-corrected chi connectivity index (χ3v) is 7.73. The van der Waals surface area contributed by atoms with E-state index in [0.29, 0.717) is 6.61 Å². The standard InChI is InChI=1S/C22H25NO3S/c1-4-17-8-10-18(11-9-17)20-21(22(20,14-23)15-26-5-2)27(24,25)19-12-6-16(3)7-13-19/h6-13,20-21H,4-5,15H2,1-3H3/t20-,21+,22-/m1/s1. The lowest BCUT2D eigenvalue weighted by Crippen LogP contribution is -2.19. The molecule has 3 rings (SSSR count). The molecule has 1 saturated carbocycles. The number of aryl methyl sites for hydroxylation is 2. The molecular formula is C22H25NO3S. The molecule has 3 atom stereocenters. The molecule has 1 aliphatic carbocycles. The minimum absolute atomic E-state index is 0.121. The summed E-state index contributed by atoms with van der Waals surface area (Å²) in [7, 11) is -3.65. The van der Waals surface area contributed by atoms with Gasteiger partial charge in [0.25, 0.3) is 0 Å². The van der Waals surface area contributed by atoms with Crippen LogP contribution in [0.1, 0.15) is 36.5 Å². The molecule has 0 bridgehead atoms. The van der Waals surface area contributed by atoms with Crippen molar-refractivity contribution >= 4 is 9.84 Å². The van der Waals surface area contributed by atoms with E-state index in [1.165, 1.54) is 5.56 Å². The second-order valence-electron chi connectivity index (χ2n) is 7.14. The summed E-state index contributed by atoms with van der Waals surface area (Å²) in [6.45, 7) is 6.41. The van der Waals surface area contributed by atoms with Crippen molar-refractivity contribution in [1.29, 1.82) is 5.26 Å². The summed E-state index contributed by atoms with van der Waals surface area (Å²) in [6, 6.07) is 17.0. The normalized spacial score (nSPS) is 24.4. The highest BCUT2D eigenvalue weighted by Gasteiger charge is 2.72. The Morgan fingerprint density at radius 1 is 1.07 bits per heavy atom. The molecule has 142 valence electrons. The van der Waals surface area contributed by atoms with Gasteiger partial charge in [-0.3, -0.25) is 0 Å². The molecule has 0 N–H and O–H groups in total. The van der Waals surface area contributed by atoms with Crippen LogP contribution in [0.4, 0.5) is 0 Å². The highest BCUT2D eigenvalue weighted by molar-refractivity contribution is 7.92. The molecule has 0 spiro atoms. The fourth-order valence-corrected chi connectivity index (χ4v) is 6.09. The summed E-state index contributed by atoms with van der Waals surface area (Å²) < 4.78 is 32.2. The maximum Gasteiger partial charge on any atom is 0.183 e. The molecule has 2 aromatic carbocycles. The molecule has 5 heteroatoms. The van der Waals surface area contributed by atoms with Gasteiger partial charge in [-0.15, -0.1) is 0 Å². The maximum absolute atomic E-state index is 13.3. The van der Waals surface area contributed by atoms with Gasteiger partial charge in [0, 0.05) is 12.5 Å². The predicted octanol–water partition coefficient (Wildman–Crippen LogP) is 4.04. The Balaban J connectivity index is 2.04. The Labute approximate surface area is 161 Å². The number of nitrogens with zero attached hydrogens (tertiary/aromatic N) is 1. The van der Waals surface area contributed by atoms with E-state index in [2.05, 4.69) is 13.0 Å². The Morgan fingerprint density at radius 2 is 1.70 bits per heavy atom. The Morgan fingerprint density at radius 3 is 2.22 bits per heavy atom. The summed E-state index contributed by atoms with van der Waals surface area (Å²) in [6.07, 6.45) is 0.915. The first kappa shape index (κ1) is 19.6. The van der Waals surface area contributed by atoms with Gasteiger partial charge in [0.05, 0.1) is 22.8 Å². The van der Waals surface area contributed by atoms with E-state index in [1.54, 1.807) is 24.3 Å². The van der Waals surface area contributed by atoms with Gasteiger partial charge in [0.2, 0.25) is 0 Å². The number of benzene rings is 2. The van der Waals surface area contributed by atoms with E-state index in [-0.39, 0.29) is 17.4 Å².